The average molecular weight is 298 g/mol. The number of non-ortho nitro benzene ring substituents is 1. The van der Waals surface area contributed by atoms with Gasteiger partial charge in [0, 0.05) is 11.6 Å². The molecule has 8 heteroatoms. The molecule has 114 valence electrons. The third-order valence-corrected chi connectivity index (χ3v) is 2.81. The summed E-state index contributed by atoms with van der Waals surface area (Å²) in [4.78, 5) is 32.7. The van der Waals surface area contributed by atoms with Gasteiger partial charge in [0.2, 0.25) is 0 Å². The van der Waals surface area contributed by atoms with Gasteiger partial charge in [0.1, 0.15) is 11.9 Å². The van der Waals surface area contributed by atoms with Crippen LogP contribution < -0.4 is 5.32 Å². The summed E-state index contributed by atoms with van der Waals surface area (Å²) in [6.07, 6.45) is 1.58. The summed E-state index contributed by atoms with van der Waals surface area (Å²) < 4.78 is 13.2. The Morgan fingerprint density at radius 2 is 2.10 bits per heavy atom. The molecule has 1 rings (SSSR count). The fourth-order valence-corrected chi connectivity index (χ4v) is 1.72. The highest BCUT2D eigenvalue weighted by atomic mass is 19.1. The van der Waals surface area contributed by atoms with E-state index >= 15 is 0 Å². The Labute approximate surface area is 119 Å². The molecule has 0 unspecified atom stereocenters. The number of carboxylic acids is 1. The standard InChI is InChI=1S/C13H15FN2O5/c1-2-3-4-11(13(18)19)15-12(17)8-5-9(14)7-10(6-8)16(20)21/h5-7,11H,2-4H2,1H3,(H,15,17)(H,18,19)/t11-/m0/s1. The summed E-state index contributed by atoms with van der Waals surface area (Å²) in [6, 6.07) is 1.29. The number of halogens is 1. The summed E-state index contributed by atoms with van der Waals surface area (Å²) in [5, 5.41) is 21.8. The molecule has 0 aromatic heterocycles. The molecule has 2 N–H and O–H groups in total. The Morgan fingerprint density at radius 3 is 2.62 bits per heavy atom. The van der Waals surface area contributed by atoms with Gasteiger partial charge in [-0.3, -0.25) is 14.9 Å². The van der Waals surface area contributed by atoms with Gasteiger partial charge in [-0.25, -0.2) is 9.18 Å². The average Bonchev–Trinajstić information content (AvgIpc) is 2.42. The second-order valence-corrected chi connectivity index (χ2v) is 4.46. The first-order valence-corrected chi connectivity index (χ1v) is 6.33. The van der Waals surface area contributed by atoms with Crippen LogP contribution in [0.2, 0.25) is 0 Å². The van der Waals surface area contributed by atoms with E-state index in [2.05, 4.69) is 5.32 Å². The second kappa shape index (κ2) is 7.32. The lowest BCUT2D eigenvalue weighted by molar-refractivity contribution is -0.385. The van der Waals surface area contributed by atoms with Crippen LogP contribution in [-0.4, -0.2) is 27.9 Å². The van der Waals surface area contributed by atoms with Crippen molar-refractivity contribution in [3.63, 3.8) is 0 Å². The lowest BCUT2D eigenvalue weighted by atomic mass is 10.1. The van der Waals surface area contributed by atoms with Gasteiger partial charge in [-0.1, -0.05) is 19.8 Å². The zero-order valence-electron chi connectivity index (χ0n) is 11.3. The Morgan fingerprint density at radius 1 is 1.43 bits per heavy atom. The van der Waals surface area contributed by atoms with Crippen molar-refractivity contribution in [1.29, 1.82) is 0 Å². The van der Waals surface area contributed by atoms with Crippen molar-refractivity contribution in [1.82, 2.24) is 5.32 Å². The quantitative estimate of drug-likeness (QED) is 0.591. The largest absolute Gasteiger partial charge is 0.480 e. The molecule has 0 aliphatic rings. The summed E-state index contributed by atoms with van der Waals surface area (Å²) in [7, 11) is 0. The first-order valence-electron chi connectivity index (χ1n) is 6.33. The smallest absolute Gasteiger partial charge is 0.326 e. The Kier molecular flexibility index (Phi) is 5.77. The fraction of sp³-hybridized carbons (Fsp3) is 0.385. The number of nitrogens with zero attached hydrogens (tertiary/aromatic N) is 1. The number of rotatable bonds is 7. The zero-order chi connectivity index (χ0) is 16.0. The van der Waals surface area contributed by atoms with E-state index in [1.807, 2.05) is 6.92 Å². The molecular formula is C13H15FN2O5. The van der Waals surface area contributed by atoms with E-state index in [0.29, 0.717) is 12.5 Å². The van der Waals surface area contributed by atoms with Crippen LogP contribution in [0, 0.1) is 15.9 Å². The SMILES string of the molecule is CCCC[C@H](NC(=O)c1cc(F)cc([N+](=O)[O-])c1)C(=O)O. The third kappa shape index (κ3) is 4.83. The number of carboxylic acid groups (broad SMARTS) is 1. The predicted molar refractivity (Wildman–Crippen MR) is 71.5 cm³/mol. The molecule has 0 bridgehead atoms. The molecule has 0 spiro atoms. The first kappa shape index (κ1) is 16.5. The molecule has 0 heterocycles. The van der Waals surface area contributed by atoms with E-state index in [1.165, 1.54) is 0 Å². The van der Waals surface area contributed by atoms with Crippen molar-refractivity contribution < 1.29 is 24.0 Å². The predicted octanol–water partition coefficient (Wildman–Crippen LogP) is 2.11. The van der Waals surface area contributed by atoms with Gasteiger partial charge in [0.15, 0.2) is 0 Å². The molecule has 0 saturated carbocycles. The van der Waals surface area contributed by atoms with E-state index in [-0.39, 0.29) is 12.0 Å². The molecule has 1 aromatic rings. The molecular weight excluding hydrogens is 283 g/mol. The van der Waals surface area contributed by atoms with Crippen LogP contribution in [0.3, 0.4) is 0 Å². The van der Waals surface area contributed by atoms with Crippen LogP contribution in [0.5, 0.6) is 0 Å². The highest BCUT2D eigenvalue weighted by Crippen LogP contribution is 2.16. The number of nitrogens with one attached hydrogen (secondary N) is 1. The highest BCUT2D eigenvalue weighted by molar-refractivity contribution is 5.97. The fourth-order valence-electron chi connectivity index (χ4n) is 1.72. The minimum Gasteiger partial charge on any atom is -0.480 e. The van der Waals surface area contributed by atoms with Gasteiger partial charge >= 0.3 is 5.97 Å². The van der Waals surface area contributed by atoms with E-state index < -0.39 is 34.3 Å². The minimum atomic E-state index is -1.21. The molecule has 0 aliphatic heterocycles. The van der Waals surface area contributed by atoms with E-state index in [4.69, 9.17) is 5.11 Å². The van der Waals surface area contributed by atoms with E-state index in [1.54, 1.807) is 0 Å². The number of carbonyl (C=O) groups is 2. The summed E-state index contributed by atoms with van der Waals surface area (Å²) in [6.45, 7) is 1.87. The van der Waals surface area contributed by atoms with Gasteiger partial charge in [0.25, 0.3) is 11.6 Å². The highest BCUT2D eigenvalue weighted by Gasteiger charge is 2.21. The number of unbranched alkanes of at least 4 members (excludes halogenated alkanes) is 1. The number of hydrogen-bond donors (Lipinski definition) is 2. The summed E-state index contributed by atoms with van der Waals surface area (Å²) >= 11 is 0. The Balaban J connectivity index is 2.92. The van der Waals surface area contributed by atoms with Gasteiger partial charge in [-0.15, -0.1) is 0 Å². The number of carbonyl (C=O) groups excluding carboxylic acids is 1. The van der Waals surface area contributed by atoms with Crippen LogP contribution >= 0.6 is 0 Å². The Hall–Kier alpha value is -2.51. The molecule has 0 saturated heterocycles. The number of nitro benzene ring substituents is 1. The van der Waals surface area contributed by atoms with Crippen LogP contribution in [0.25, 0.3) is 0 Å². The molecule has 0 fully saturated rings. The maximum Gasteiger partial charge on any atom is 0.326 e. The molecule has 1 atom stereocenters. The lowest BCUT2D eigenvalue weighted by Gasteiger charge is -2.14. The normalized spacial score (nSPS) is 11.7. The molecule has 1 amide bonds. The number of amides is 1. The van der Waals surface area contributed by atoms with Crippen LogP contribution in [0.15, 0.2) is 18.2 Å². The van der Waals surface area contributed by atoms with Crippen molar-refractivity contribution >= 4 is 17.6 Å². The molecule has 0 aliphatic carbocycles. The Bertz CT molecular complexity index is 561. The van der Waals surface area contributed by atoms with Crippen molar-refractivity contribution in [2.75, 3.05) is 0 Å². The zero-order valence-corrected chi connectivity index (χ0v) is 11.3. The lowest BCUT2D eigenvalue weighted by Crippen LogP contribution is -2.40. The second-order valence-electron chi connectivity index (χ2n) is 4.46. The topological polar surface area (TPSA) is 110 Å². The van der Waals surface area contributed by atoms with Crippen molar-refractivity contribution in [2.45, 2.75) is 32.2 Å². The van der Waals surface area contributed by atoms with Crippen molar-refractivity contribution in [3.05, 3.63) is 39.7 Å². The van der Waals surface area contributed by atoms with Crippen LogP contribution in [-0.2, 0) is 4.79 Å². The van der Waals surface area contributed by atoms with Gasteiger partial charge in [0.05, 0.1) is 11.0 Å². The number of hydrogen-bond acceptors (Lipinski definition) is 4. The van der Waals surface area contributed by atoms with Crippen molar-refractivity contribution in [2.24, 2.45) is 0 Å². The van der Waals surface area contributed by atoms with Crippen LogP contribution in [0.4, 0.5) is 10.1 Å². The molecule has 1 aromatic carbocycles. The monoisotopic (exact) mass is 298 g/mol. The summed E-state index contributed by atoms with van der Waals surface area (Å²) in [5.41, 5.74) is -0.856. The van der Waals surface area contributed by atoms with Crippen molar-refractivity contribution in [3.8, 4) is 0 Å². The van der Waals surface area contributed by atoms with Crippen LogP contribution in [0.1, 0.15) is 36.5 Å². The number of benzene rings is 1. The number of nitro groups is 1. The van der Waals surface area contributed by atoms with E-state index in [0.717, 1.165) is 18.6 Å². The summed E-state index contributed by atoms with van der Waals surface area (Å²) in [5.74, 6) is -3.00. The first-order chi connectivity index (χ1) is 9.85. The molecule has 0 radical (unpaired) electrons. The number of aliphatic carboxylic acids is 1. The van der Waals surface area contributed by atoms with Gasteiger partial charge < -0.3 is 10.4 Å². The maximum absolute atomic E-state index is 13.2. The van der Waals surface area contributed by atoms with Gasteiger partial charge in [-0.05, 0) is 12.5 Å². The van der Waals surface area contributed by atoms with E-state index in [9.17, 15) is 24.1 Å². The third-order valence-electron chi connectivity index (χ3n) is 2.81. The maximum atomic E-state index is 13.2. The molecule has 21 heavy (non-hydrogen) atoms. The minimum absolute atomic E-state index is 0.231. The molecule has 7 nitrogen and oxygen atoms in total. The van der Waals surface area contributed by atoms with Gasteiger partial charge in [-0.2, -0.15) is 0 Å².